The summed E-state index contributed by atoms with van der Waals surface area (Å²) in [5, 5.41) is 11.2. The molecule has 2 aromatic carbocycles. The number of nitrogens with zero attached hydrogens (tertiary/aromatic N) is 1. The summed E-state index contributed by atoms with van der Waals surface area (Å²) in [7, 11) is 0. The van der Waals surface area contributed by atoms with Gasteiger partial charge in [-0.2, -0.15) is 0 Å². The number of aliphatic hydroxyl groups is 1. The molecule has 0 spiro atoms. The van der Waals surface area contributed by atoms with Gasteiger partial charge in [-0.3, -0.25) is 9.69 Å². The van der Waals surface area contributed by atoms with Crippen molar-refractivity contribution >= 4 is 17.5 Å². The number of benzene rings is 2. The fourth-order valence-corrected chi connectivity index (χ4v) is 3.43. The summed E-state index contributed by atoms with van der Waals surface area (Å²) in [5.74, 6) is -1.23. The molecule has 7 heteroatoms. The maximum Gasteiger partial charge on any atom is 0.255 e. The number of ether oxygens (including phenoxy) is 1. The van der Waals surface area contributed by atoms with Gasteiger partial charge in [-0.25, -0.2) is 4.39 Å². The lowest BCUT2D eigenvalue weighted by Crippen LogP contribution is -2.52. The van der Waals surface area contributed by atoms with E-state index in [1.807, 2.05) is 4.90 Å². The van der Waals surface area contributed by atoms with Crippen molar-refractivity contribution in [1.29, 1.82) is 0 Å². The van der Waals surface area contributed by atoms with E-state index < -0.39 is 17.3 Å². The van der Waals surface area contributed by atoms with Crippen LogP contribution in [0, 0.1) is 5.82 Å². The van der Waals surface area contributed by atoms with E-state index >= 15 is 0 Å². The zero-order chi connectivity index (χ0) is 18.7. The number of β-amino-alcohol motifs (C(OH)–C–C–N with tert-alkyl or cyclic N) is 1. The zero-order valence-corrected chi connectivity index (χ0v) is 14.8. The van der Waals surface area contributed by atoms with Crippen LogP contribution in [0.1, 0.15) is 17.2 Å². The molecule has 1 heterocycles. The number of carbonyl (C=O) groups excluding carboxylic acids is 1. The van der Waals surface area contributed by atoms with Crippen molar-refractivity contribution in [3.05, 3.63) is 70.5 Å². The highest BCUT2D eigenvalue weighted by atomic mass is 35.5. The number of rotatable bonds is 5. The average molecular weight is 379 g/mol. The number of halogens is 2. The molecule has 2 aromatic rings. The Hall–Kier alpha value is -1.99. The van der Waals surface area contributed by atoms with Crippen molar-refractivity contribution in [3.8, 4) is 0 Å². The quantitative estimate of drug-likeness (QED) is 0.836. The molecule has 1 amide bonds. The minimum Gasteiger partial charge on any atom is -0.374 e. The number of primary amides is 1. The third-order valence-electron chi connectivity index (χ3n) is 4.57. The topological polar surface area (TPSA) is 75.8 Å². The van der Waals surface area contributed by atoms with E-state index in [1.54, 1.807) is 36.4 Å². The van der Waals surface area contributed by atoms with Gasteiger partial charge in [0, 0.05) is 30.2 Å². The molecule has 0 saturated carbocycles. The number of carbonyl (C=O) groups is 1. The number of amides is 1. The van der Waals surface area contributed by atoms with Crippen molar-refractivity contribution in [1.82, 2.24) is 4.90 Å². The molecule has 138 valence electrons. The van der Waals surface area contributed by atoms with Gasteiger partial charge < -0.3 is 15.6 Å². The first kappa shape index (κ1) is 18.8. The zero-order valence-electron chi connectivity index (χ0n) is 14.1. The van der Waals surface area contributed by atoms with Gasteiger partial charge in [-0.05, 0) is 17.7 Å². The molecule has 1 fully saturated rings. The molecule has 26 heavy (non-hydrogen) atoms. The summed E-state index contributed by atoms with van der Waals surface area (Å²) in [6.07, 6.45) is -0.384. The first-order valence-corrected chi connectivity index (χ1v) is 8.64. The fraction of sp³-hybridized carbons (Fsp3) is 0.316. The van der Waals surface area contributed by atoms with Crippen molar-refractivity contribution in [2.75, 3.05) is 26.2 Å². The van der Waals surface area contributed by atoms with E-state index in [0.29, 0.717) is 30.8 Å². The SMILES string of the molecule is NC(=O)C(O)(CN1CCOC(c2ccc(F)cc2Cl)C1)c1ccccc1. The lowest BCUT2D eigenvalue weighted by molar-refractivity contribution is -0.142. The van der Waals surface area contributed by atoms with Crippen molar-refractivity contribution in [2.45, 2.75) is 11.7 Å². The second-order valence-corrected chi connectivity index (χ2v) is 6.76. The van der Waals surface area contributed by atoms with Gasteiger partial charge in [0.25, 0.3) is 5.91 Å². The minimum absolute atomic E-state index is 0.0328. The molecule has 5 nitrogen and oxygen atoms in total. The fourth-order valence-electron chi connectivity index (χ4n) is 3.15. The highest BCUT2D eigenvalue weighted by molar-refractivity contribution is 6.31. The maximum atomic E-state index is 13.3. The second-order valence-electron chi connectivity index (χ2n) is 6.35. The van der Waals surface area contributed by atoms with Crippen LogP contribution in [0.2, 0.25) is 5.02 Å². The predicted molar refractivity (Wildman–Crippen MR) is 96.1 cm³/mol. The van der Waals surface area contributed by atoms with Crippen LogP contribution >= 0.6 is 11.6 Å². The Morgan fingerprint density at radius 3 is 2.73 bits per heavy atom. The Bertz CT molecular complexity index is 790. The number of hydrogen-bond acceptors (Lipinski definition) is 4. The molecule has 1 aliphatic rings. The highest BCUT2D eigenvalue weighted by Crippen LogP contribution is 2.31. The summed E-state index contributed by atoms with van der Waals surface area (Å²) in [5.41, 5.74) is 4.79. The molecule has 0 aliphatic carbocycles. The van der Waals surface area contributed by atoms with E-state index in [1.165, 1.54) is 12.1 Å². The second kappa shape index (κ2) is 7.72. The van der Waals surface area contributed by atoms with E-state index in [0.717, 1.165) is 0 Å². The van der Waals surface area contributed by atoms with Gasteiger partial charge >= 0.3 is 0 Å². The predicted octanol–water partition coefficient (Wildman–Crippen LogP) is 2.23. The first-order valence-electron chi connectivity index (χ1n) is 8.27. The van der Waals surface area contributed by atoms with Crippen molar-refractivity contribution < 1.29 is 19.0 Å². The summed E-state index contributed by atoms with van der Waals surface area (Å²) in [6, 6.07) is 12.8. The smallest absolute Gasteiger partial charge is 0.255 e. The number of nitrogens with two attached hydrogens (primary N) is 1. The van der Waals surface area contributed by atoms with E-state index in [4.69, 9.17) is 22.1 Å². The molecule has 0 aromatic heterocycles. The highest BCUT2D eigenvalue weighted by Gasteiger charge is 2.39. The standard InChI is InChI=1S/C19H20ClFN2O3/c20-16-10-14(21)6-7-15(16)17-11-23(8-9-26-17)12-19(25,18(22)24)13-4-2-1-3-5-13/h1-7,10,17,25H,8-9,11-12H2,(H2,22,24). The van der Waals surface area contributed by atoms with E-state index in [-0.39, 0.29) is 17.7 Å². The lowest BCUT2D eigenvalue weighted by atomic mass is 9.92. The monoisotopic (exact) mass is 378 g/mol. The van der Waals surface area contributed by atoms with Crippen LogP contribution < -0.4 is 5.73 Å². The van der Waals surface area contributed by atoms with Crippen LogP contribution in [0.15, 0.2) is 48.5 Å². The van der Waals surface area contributed by atoms with Gasteiger partial charge in [0.15, 0.2) is 5.60 Å². The van der Waals surface area contributed by atoms with Crippen LogP contribution in [0.25, 0.3) is 0 Å². The van der Waals surface area contributed by atoms with Crippen molar-refractivity contribution in [3.63, 3.8) is 0 Å². The van der Waals surface area contributed by atoms with Crippen LogP contribution in [0.5, 0.6) is 0 Å². The van der Waals surface area contributed by atoms with Crippen LogP contribution in [-0.2, 0) is 15.1 Å². The summed E-state index contributed by atoms with van der Waals surface area (Å²) >= 11 is 6.13. The minimum atomic E-state index is -1.81. The lowest BCUT2D eigenvalue weighted by Gasteiger charge is -2.37. The average Bonchev–Trinajstić information content (AvgIpc) is 2.62. The third kappa shape index (κ3) is 3.88. The first-order chi connectivity index (χ1) is 12.4. The Morgan fingerprint density at radius 2 is 2.08 bits per heavy atom. The molecule has 0 bridgehead atoms. The van der Waals surface area contributed by atoms with Gasteiger partial charge in [0.2, 0.25) is 0 Å². The Morgan fingerprint density at radius 1 is 1.35 bits per heavy atom. The molecule has 2 atom stereocenters. The van der Waals surface area contributed by atoms with Crippen molar-refractivity contribution in [2.24, 2.45) is 5.73 Å². The summed E-state index contributed by atoms with van der Waals surface area (Å²) < 4.78 is 19.0. The van der Waals surface area contributed by atoms with Gasteiger partial charge in [-0.1, -0.05) is 48.0 Å². The molecule has 3 rings (SSSR count). The summed E-state index contributed by atoms with van der Waals surface area (Å²) in [6.45, 7) is 1.35. The largest absolute Gasteiger partial charge is 0.374 e. The number of morpholine rings is 1. The van der Waals surface area contributed by atoms with Gasteiger partial charge in [-0.15, -0.1) is 0 Å². The van der Waals surface area contributed by atoms with E-state index in [2.05, 4.69) is 0 Å². The van der Waals surface area contributed by atoms with E-state index in [9.17, 15) is 14.3 Å². The van der Waals surface area contributed by atoms with Gasteiger partial charge in [0.05, 0.1) is 12.7 Å². The Labute approximate surface area is 156 Å². The number of hydrogen-bond donors (Lipinski definition) is 2. The Balaban J connectivity index is 1.79. The van der Waals surface area contributed by atoms with Crippen LogP contribution in [0.3, 0.4) is 0 Å². The van der Waals surface area contributed by atoms with Crippen LogP contribution in [-0.4, -0.2) is 42.2 Å². The molecular formula is C19H20ClFN2O3. The van der Waals surface area contributed by atoms with Gasteiger partial charge in [0.1, 0.15) is 5.82 Å². The molecule has 0 radical (unpaired) electrons. The molecule has 1 saturated heterocycles. The Kier molecular flexibility index (Phi) is 5.58. The maximum absolute atomic E-state index is 13.3. The molecule has 3 N–H and O–H groups in total. The molecule has 1 aliphatic heterocycles. The molecule has 2 unspecified atom stereocenters. The van der Waals surface area contributed by atoms with Crippen LogP contribution in [0.4, 0.5) is 4.39 Å². The normalized spacial score (nSPS) is 20.5. The summed E-state index contributed by atoms with van der Waals surface area (Å²) in [4.78, 5) is 13.9. The third-order valence-corrected chi connectivity index (χ3v) is 4.90. The molecular weight excluding hydrogens is 359 g/mol.